The van der Waals surface area contributed by atoms with Crippen LogP contribution in [0.5, 0.6) is 0 Å². The molecule has 2 heterocycles. The van der Waals surface area contributed by atoms with Crippen molar-refractivity contribution in [2.45, 2.75) is 25.8 Å². The Bertz CT molecular complexity index is 582. The Hall–Kier alpha value is -1.51. The van der Waals surface area contributed by atoms with Gasteiger partial charge >= 0.3 is 0 Å². The molecule has 8 heteroatoms. The van der Waals surface area contributed by atoms with Crippen LogP contribution >= 0.6 is 15.9 Å². The van der Waals surface area contributed by atoms with Crippen molar-refractivity contribution < 1.29 is 14.3 Å². The molecule has 138 valence electrons. The number of aromatic nitrogens is 1. The molecule has 1 aliphatic heterocycles. The standard InChI is InChI=1S/C17H25BrN4O3/c1-12(11-25-2)20-16(23)10-22-7-3-4-13(9-22)17(24)21-15-6-5-14(18)8-19-15/h5-6,8,12-13H,3-4,7,9-11H2,1-2H3,(H,20,23)(H,19,21,24). The van der Waals surface area contributed by atoms with Gasteiger partial charge in [0.2, 0.25) is 11.8 Å². The molecule has 2 amide bonds. The highest BCUT2D eigenvalue weighted by atomic mass is 79.9. The Morgan fingerprint density at radius 1 is 1.48 bits per heavy atom. The molecule has 0 aliphatic carbocycles. The lowest BCUT2D eigenvalue weighted by Gasteiger charge is -2.31. The number of carbonyl (C=O) groups excluding carboxylic acids is 2. The summed E-state index contributed by atoms with van der Waals surface area (Å²) < 4.78 is 5.88. The third kappa shape index (κ3) is 6.72. The molecule has 1 fully saturated rings. The lowest BCUT2D eigenvalue weighted by Crippen LogP contribution is -2.47. The van der Waals surface area contributed by atoms with Crippen molar-refractivity contribution in [3.8, 4) is 0 Å². The van der Waals surface area contributed by atoms with E-state index in [9.17, 15) is 9.59 Å². The maximum Gasteiger partial charge on any atom is 0.234 e. The minimum Gasteiger partial charge on any atom is -0.383 e. The van der Waals surface area contributed by atoms with Gasteiger partial charge in [0.25, 0.3) is 0 Å². The molecule has 0 bridgehead atoms. The lowest BCUT2D eigenvalue weighted by atomic mass is 9.97. The number of nitrogens with zero attached hydrogens (tertiary/aromatic N) is 2. The number of piperidine rings is 1. The first-order valence-corrected chi connectivity index (χ1v) is 9.20. The average Bonchev–Trinajstić information content (AvgIpc) is 2.57. The van der Waals surface area contributed by atoms with Crippen LogP contribution < -0.4 is 10.6 Å². The highest BCUT2D eigenvalue weighted by molar-refractivity contribution is 9.10. The van der Waals surface area contributed by atoms with Crippen LogP contribution in [0.2, 0.25) is 0 Å². The van der Waals surface area contributed by atoms with Gasteiger partial charge in [-0.1, -0.05) is 0 Å². The van der Waals surface area contributed by atoms with Gasteiger partial charge in [0.1, 0.15) is 5.82 Å². The summed E-state index contributed by atoms with van der Waals surface area (Å²) >= 11 is 3.32. The first kappa shape index (κ1) is 19.8. The van der Waals surface area contributed by atoms with E-state index >= 15 is 0 Å². The van der Waals surface area contributed by atoms with E-state index in [0.717, 1.165) is 23.9 Å². The maximum absolute atomic E-state index is 12.4. The number of amides is 2. The number of pyridine rings is 1. The predicted octanol–water partition coefficient (Wildman–Crippen LogP) is 1.65. The van der Waals surface area contributed by atoms with Crippen molar-refractivity contribution in [1.29, 1.82) is 0 Å². The molecule has 1 aromatic heterocycles. The molecule has 1 aliphatic rings. The first-order chi connectivity index (χ1) is 12.0. The van der Waals surface area contributed by atoms with Crippen LogP contribution in [0.15, 0.2) is 22.8 Å². The van der Waals surface area contributed by atoms with E-state index in [-0.39, 0.29) is 23.8 Å². The smallest absolute Gasteiger partial charge is 0.234 e. The van der Waals surface area contributed by atoms with Gasteiger partial charge in [0.05, 0.1) is 19.1 Å². The van der Waals surface area contributed by atoms with Gasteiger partial charge in [-0.3, -0.25) is 14.5 Å². The third-order valence-electron chi connectivity index (χ3n) is 4.05. The highest BCUT2D eigenvalue weighted by Gasteiger charge is 2.27. The molecule has 7 nitrogen and oxygen atoms in total. The Morgan fingerprint density at radius 3 is 2.96 bits per heavy atom. The fourth-order valence-electron chi connectivity index (χ4n) is 2.91. The van der Waals surface area contributed by atoms with Crippen LogP contribution in [-0.4, -0.2) is 61.1 Å². The van der Waals surface area contributed by atoms with Gasteiger partial charge in [-0.05, 0) is 54.4 Å². The van der Waals surface area contributed by atoms with E-state index < -0.39 is 0 Å². The van der Waals surface area contributed by atoms with Gasteiger partial charge in [-0.25, -0.2) is 4.98 Å². The second kappa shape index (κ2) is 9.84. The maximum atomic E-state index is 12.4. The van der Waals surface area contributed by atoms with Crippen molar-refractivity contribution in [2.24, 2.45) is 5.92 Å². The minimum atomic E-state index is -0.136. The number of methoxy groups -OCH3 is 1. The number of hydrogen-bond acceptors (Lipinski definition) is 5. The number of nitrogens with one attached hydrogen (secondary N) is 2. The predicted molar refractivity (Wildman–Crippen MR) is 99.2 cm³/mol. The molecule has 1 aromatic rings. The fourth-order valence-corrected chi connectivity index (χ4v) is 3.14. The Morgan fingerprint density at radius 2 is 2.28 bits per heavy atom. The van der Waals surface area contributed by atoms with Gasteiger partial charge in [-0.2, -0.15) is 0 Å². The number of likely N-dealkylation sites (tertiary alicyclic amines) is 1. The molecule has 25 heavy (non-hydrogen) atoms. The van der Waals surface area contributed by atoms with Crippen LogP contribution in [0.4, 0.5) is 5.82 Å². The number of carbonyl (C=O) groups is 2. The van der Waals surface area contributed by atoms with Crippen molar-refractivity contribution >= 4 is 33.6 Å². The molecule has 0 saturated carbocycles. The van der Waals surface area contributed by atoms with Crippen LogP contribution in [0.3, 0.4) is 0 Å². The number of ether oxygens (including phenoxy) is 1. The summed E-state index contributed by atoms with van der Waals surface area (Å²) in [6.07, 6.45) is 3.36. The third-order valence-corrected chi connectivity index (χ3v) is 4.52. The van der Waals surface area contributed by atoms with Crippen molar-refractivity contribution in [3.05, 3.63) is 22.8 Å². The molecule has 2 rings (SSSR count). The SMILES string of the molecule is COCC(C)NC(=O)CN1CCCC(C(=O)Nc2ccc(Br)cn2)C1. The normalized spacial score (nSPS) is 19.2. The van der Waals surface area contributed by atoms with Gasteiger partial charge in [-0.15, -0.1) is 0 Å². The molecule has 0 aromatic carbocycles. The largest absolute Gasteiger partial charge is 0.383 e. The summed E-state index contributed by atoms with van der Waals surface area (Å²) in [6, 6.07) is 3.57. The summed E-state index contributed by atoms with van der Waals surface area (Å²) in [5.74, 6) is 0.313. The molecule has 0 radical (unpaired) electrons. The zero-order valence-corrected chi connectivity index (χ0v) is 16.2. The number of anilines is 1. The van der Waals surface area contributed by atoms with E-state index in [1.165, 1.54) is 0 Å². The van der Waals surface area contributed by atoms with Crippen molar-refractivity contribution in [2.75, 3.05) is 38.7 Å². The van der Waals surface area contributed by atoms with E-state index in [2.05, 4.69) is 31.5 Å². The second-order valence-electron chi connectivity index (χ2n) is 6.35. The molecule has 2 atom stereocenters. The molecule has 1 saturated heterocycles. The topological polar surface area (TPSA) is 83.6 Å². The quantitative estimate of drug-likeness (QED) is 0.710. The summed E-state index contributed by atoms with van der Waals surface area (Å²) in [7, 11) is 1.61. The average molecular weight is 413 g/mol. The summed E-state index contributed by atoms with van der Waals surface area (Å²) in [4.78, 5) is 30.7. The highest BCUT2D eigenvalue weighted by Crippen LogP contribution is 2.18. The minimum absolute atomic E-state index is 0.0233. The van der Waals surface area contributed by atoms with E-state index in [1.807, 2.05) is 17.9 Å². The van der Waals surface area contributed by atoms with Crippen molar-refractivity contribution in [1.82, 2.24) is 15.2 Å². The Balaban J connectivity index is 1.82. The molecule has 2 N–H and O–H groups in total. The van der Waals surface area contributed by atoms with Gasteiger partial charge in [0, 0.05) is 30.4 Å². The first-order valence-electron chi connectivity index (χ1n) is 8.41. The van der Waals surface area contributed by atoms with Gasteiger partial charge in [0.15, 0.2) is 0 Å². The van der Waals surface area contributed by atoms with E-state index in [0.29, 0.717) is 25.5 Å². The molecule has 2 unspecified atom stereocenters. The number of hydrogen-bond donors (Lipinski definition) is 2. The number of rotatable bonds is 7. The lowest BCUT2D eigenvalue weighted by molar-refractivity contribution is -0.126. The van der Waals surface area contributed by atoms with E-state index in [1.54, 1.807) is 19.4 Å². The van der Waals surface area contributed by atoms with Crippen LogP contribution in [-0.2, 0) is 14.3 Å². The molecular formula is C17H25BrN4O3. The second-order valence-corrected chi connectivity index (χ2v) is 7.26. The molecular weight excluding hydrogens is 388 g/mol. The Labute approximate surface area is 156 Å². The van der Waals surface area contributed by atoms with Crippen LogP contribution in [0.1, 0.15) is 19.8 Å². The monoisotopic (exact) mass is 412 g/mol. The summed E-state index contributed by atoms with van der Waals surface area (Å²) in [6.45, 7) is 4.09. The molecule has 0 spiro atoms. The zero-order chi connectivity index (χ0) is 18.2. The summed E-state index contributed by atoms with van der Waals surface area (Å²) in [5.41, 5.74) is 0. The van der Waals surface area contributed by atoms with Crippen molar-refractivity contribution in [3.63, 3.8) is 0 Å². The van der Waals surface area contributed by atoms with Gasteiger partial charge < -0.3 is 15.4 Å². The Kier molecular flexibility index (Phi) is 7.80. The van der Waals surface area contributed by atoms with Crippen LogP contribution in [0.25, 0.3) is 0 Å². The number of halogens is 1. The summed E-state index contributed by atoms with van der Waals surface area (Å²) in [5, 5.41) is 5.74. The fraction of sp³-hybridized carbons (Fsp3) is 0.588. The zero-order valence-electron chi connectivity index (χ0n) is 14.6. The van der Waals surface area contributed by atoms with E-state index in [4.69, 9.17) is 4.74 Å². The van der Waals surface area contributed by atoms with Crippen LogP contribution in [0, 0.1) is 5.92 Å².